The van der Waals surface area contributed by atoms with Crippen molar-refractivity contribution in [2.24, 2.45) is 5.92 Å². The monoisotopic (exact) mass is 429 g/mol. The normalized spacial score (nSPS) is 14.8. The Morgan fingerprint density at radius 1 is 1.22 bits per heavy atom. The van der Waals surface area contributed by atoms with E-state index in [4.69, 9.17) is 9.47 Å². The number of rotatable bonds is 6. The summed E-state index contributed by atoms with van der Waals surface area (Å²) in [6, 6.07) is 11.8. The van der Waals surface area contributed by atoms with Gasteiger partial charge in [0.25, 0.3) is 5.91 Å². The summed E-state index contributed by atoms with van der Waals surface area (Å²) in [5, 5.41) is 0. The number of ether oxygens (including phenoxy) is 2. The number of methoxy groups -OCH3 is 1. The van der Waals surface area contributed by atoms with Crippen molar-refractivity contribution >= 4 is 39.2 Å². The Balaban J connectivity index is 2.07. The number of carbonyl (C=O) groups is 1. The van der Waals surface area contributed by atoms with E-state index in [1.54, 1.807) is 7.11 Å². The summed E-state index contributed by atoms with van der Waals surface area (Å²) in [7, 11) is 1.61. The lowest BCUT2D eigenvalue weighted by Gasteiger charge is -2.19. The zero-order valence-electron chi connectivity index (χ0n) is 16.1. The van der Waals surface area contributed by atoms with Gasteiger partial charge in [-0.05, 0) is 58.6 Å². The smallest absolute Gasteiger partial charge is 0.259 e. The molecule has 0 radical (unpaired) electrons. The second-order valence-electron chi connectivity index (χ2n) is 6.85. The molecule has 1 aliphatic heterocycles. The van der Waals surface area contributed by atoms with Gasteiger partial charge in [0.05, 0.1) is 23.9 Å². The van der Waals surface area contributed by atoms with Crippen LogP contribution in [0.2, 0.25) is 0 Å². The molecule has 2 aromatic rings. The third kappa shape index (κ3) is 3.88. The molecule has 0 saturated carbocycles. The topological polar surface area (TPSA) is 38.8 Å². The Kier molecular flexibility index (Phi) is 5.90. The van der Waals surface area contributed by atoms with Crippen molar-refractivity contribution in [2.45, 2.75) is 20.8 Å². The Morgan fingerprint density at radius 3 is 2.63 bits per heavy atom. The van der Waals surface area contributed by atoms with Crippen molar-refractivity contribution < 1.29 is 14.3 Å². The summed E-state index contributed by atoms with van der Waals surface area (Å²) in [6.07, 6.45) is 1.92. The van der Waals surface area contributed by atoms with E-state index in [1.807, 2.05) is 54.3 Å². The first-order chi connectivity index (χ1) is 13.0. The van der Waals surface area contributed by atoms with E-state index in [0.717, 1.165) is 21.3 Å². The predicted octanol–water partition coefficient (Wildman–Crippen LogP) is 5.40. The molecule has 0 N–H and O–H groups in total. The molecule has 0 unspecified atom stereocenters. The quantitative estimate of drug-likeness (QED) is 0.576. The van der Waals surface area contributed by atoms with E-state index < -0.39 is 0 Å². The molecule has 0 saturated heterocycles. The minimum absolute atomic E-state index is 0.0360. The minimum Gasteiger partial charge on any atom is -0.493 e. The highest BCUT2D eigenvalue weighted by Crippen LogP contribution is 2.41. The van der Waals surface area contributed by atoms with Crippen LogP contribution in [0.1, 0.15) is 31.9 Å². The summed E-state index contributed by atoms with van der Waals surface area (Å²) >= 11 is 3.55. The Labute approximate surface area is 168 Å². The van der Waals surface area contributed by atoms with Crippen molar-refractivity contribution in [2.75, 3.05) is 25.2 Å². The van der Waals surface area contributed by atoms with E-state index in [0.29, 0.717) is 36.1 Å². The zero-order valence-corrected chi connectivity index (χ0v) is 17.7. The van der Waals surface area contributed by atoms with E-state index in [2.05, 4.69) is 29.8 Å². The number of hydrogen-bond donors (Lipinski definition) is 0. The molecule has 0 spiro atoms. The number of hydrogen-bond acceptors (Lipinski definition) is 3. The highest BCUT2D eigenvalue weighted by atomic mass is 79.9. The number of carbonyl (C=O) groups excluding carboxylic acids is 1. The van der Waals surface area contributed by atoms with Crippen molar-refractivity contribution in [1.29, 1.82) is 0 Å². The summed E-state index contributed by atoms with van der Waals surface area (Å²) in [5.41, 5.74) is 3.52. The van der Waals surface area contributed by atoms with Gasteiger partial charge in [-0.2, -0.15) is 0 Å². The van der Waals surface area contributed by atoms with E-state index in [9.17, 15) is 4.79 Å². The van der Waals surface area contributed by atoms with E-state index in [-0.39, 0.29) is 5.91 Å². The first-order valence-corrected chi connectivity index (χ1v) is 9.88. The molecule has 0 fully saturated rings. The molecule has 142 valence electrons. The SMILES string of the molecule is CCOc1c(Br)cc(/C=C2\C(=O)N(CC(C)C)c3ccccc32)cc1OC. The molecule has 4 nitrogen and oxygen atoms in total. The molecule has 3 rings (SSSR count). The molecule has 0 aliphatic carbocycles. The lowest BCUT2D eigenvalue weighted by Crippen LogP contribution is -2.30. The van der Waals surface area contributed by atoms with Crippen LogP contribution >= 0.6 is 15.9 Å². The number of fused-ring (bicyclic) bond motifs is 1. The first-order valence-electron chi connectivity index (χ1n) is 9.09. The molecule has 2 aromatic carbocycles. The molecule has 5 heteroatoms. The maximum Gasteiger partial charge on any atom is 0.259 e. The second-order valence-corrected chi connectivity index (χ2v) is 7.71. The fraction of sp³-hybridized carbons (Fsp3) is 0.318. The number of amides is 1. The predicted molar refractivity (Wildman–Crippen MR) is 113 cm³/mol. The largest absolute Gasteiger partial charge is 0.493 e. The number of anilines is 1. The van der Waals surface area contributed by atoms with Crippen LogP contribution in [0.3, 0.4) is 0 Å². The molecular weight excluding hydrogens is 406 g/mol. The average molecular weight is 430 g/mol. The van der Waals surface area contributed by atoms with Gasteiger partial charge in [0.2, 0.25) is 0 Å². The van der Waals surface area contributed by atoms with Crippen molar-refractivity contribution in [1.82, 2.24) is 0 Å². The number of para-hydroxylation sites is 1. The second kappa shape index (κ2) is 8.17. The third-order valence-corrected chi connectivity index (χ3v) is 4.95. The molecule has 1 aliphatic rings. The summed E-state index contributed by atoms with van der Waals surface area (Å²) in [6.45, 7) is 7.41. The van der Waals surface area contributed by atoms with Gasteiger partial charge in [0.1, 0.15) is 0 Å². The Morgan fingerprint density at radius 2 is 1.96 bits per heavy atom. The molecule has 0 aromatic heterocycles. The molecule has 27 heavy (non-hydrogen) atoms. The van der Waals surface area contributed by atoms with Gasteiger partial charge >= 0.3 is 0 Å². The highest BCUT2D eigenvalue weighted by molar-refractivity contribution is 9.10. The van der Waals surface area contributed by atoms with Crippen LogP contribution in [0.15, 0.2) is 40.9 Å². The van der Waals surface area contributed by atoms with Crippen molar-refractivity contribution in [3.05, 3.63) is 52.0 Å². The van der Waals surface area contributed by atoms with Gasteiger partial charge < -0.3 is 14.4 Å². The molecular formula is C22H24BrNO3. The number of halogens is 1. The molecule has 1 heterocycles. The fourth-order valence-corrected chi connectivity index (χ4v) is 3.84. The van der Waals surface area contributed by atoms with Crippen LogP contribution in [0.4, 0.5) is 5.69 Å². The van der Waals surface area contributed by atoms with E-state index >= 15 is 0 Å². The van der Waals surface area contributed by atoms with Crippen LogP contribution in [-0.4, -0.2) is 26.2 Å². The molecule has 0 atom stereocenters. The van der Waals surface area contributed by atoms with E-state index in [1.165, 1.54) is 0 Å². The molecule has 0 bridgehead atoms. The average Bonchev–Trinajstić information content (AvgIpc) is 2.89. The Hall–Kier alpha value is -2.27. The van der Waals surface area contributed by atoms with Crippen LogP contribution in [0.5, 0.6) is 11.5 Å². The minimum atomic E-state index is 0.0360. The summed E-state index contributed by atoms with van der Waals surface area (Å²) in [4.78, 5) is 15.0. The van der Waals surface area contributed by atoms with Crippen LogP contribution in [0.25, 0.3) is 11.6 Å². The maximum atomic E-state index is 13.1. The maximum absolute atomic E-state index is 13.1. The van der Waals surface area contributed by atoms with Gasteiger partial charge in [-0.25, -0.2) is 0 Å². The summed E-state index contributed by atoms with van der Waals surface area (Å²) < 4.78 is 11.9. The fourth-order valence-electron chi connectivity index (χ4n) is 3.27. The number of nitrogens with zero attached hydrogens (tertiary/aromatic N) is 1. The highest BCUT2D eigenvalue weighted by Gasteiger charge is 2.32. The van der Waals surface area contributed by atoms with Crippen molar-refractivity contribution in [3.63, 3.8) is 0 Å². The first kappa shape index (κ1) is 19.5. The zero-order chi connectivity index (χ0) is 19.6. The Bertz CT molecular complexity index is 889. The summed E-state index contributed by atoms with van der Waals surface area (Å²) in [5.74, 6) is 1.73. The van der Waals surface area contributed by atoms with Gasteiger partial charge in [0, 0.05) is 17.7 Å². The lowest BCUT2D eigenvalue weighted by atomic mass is 10.0. The van der Waals surface area contributed by atoms with Crippen LogP contribution in [-0.2, 0) is 4.79 Å². The van der Waals surface area contributed by atoms with Gasteiger partial charge in [-0.15, -0.1) is 0 Å². The standard InChI is InChI=1S/C22H24BrNO3/c1-5-27-21-18(23)11-15(12-20(21)26-4)10-17-16-8-6-7-9-19(16)24(22(17)25)13-14(2)3/h6-12,14H,5,13H2,1-4H3/b17-10-. The van der Waals surface area contributed by atoms with Crippen LogP contribution < -0.4 is 14.4 Å². The van der Waals surface area contributed by atoms with Gasteiger partial charge in [0.15, 0.2) is 11.5 Å². The number of benzene rings is 2. The van der Waals surface area contributed by atoms with Crippen molar-refractivity contribution in [3.8, 4) is 11.5 Å². The molecule has 1 amide bonds. The lowest BCUT2D eigenvalue weighted by molar-refractivity contribution is -0.113. The van der Waals surface area contributed by atoms with Gasteiger partial charge in [-0.1, -0.05) is 32.0 Å². The van der Waals surface area contributed by atoms with Crippen LogP contribution in [0, 0.1) is 5.92 Å². The van der Waals surface area contributed by atoms with Gasteiger partial charge in [-0.3, -0.25) is 4.79 Å². The third-order valence-electron chi connectivity index (χ3n) is 4.36.